The van der Waals surface area contributed by atoms with Crippen LogP contribution >= 0.6 is 0 Å². The number of nitrogens with zero attached hydrogens (tertiary/aromatic N) is 1. The van der Waals surface area contributed by atoms with E-state index in [1.54, 1.807) is 25.3 Å². The predicted octanol–water partition coefficient (Wildman–Crippen LogP) is 0.988. The van der Waals surface area contributed by atoms with Crippen LogP contribution in [0.5, 0.6) is 5.75 Å². The molecule has 0 aliphatic carbocycles. The number of methoxy groups -OCH3 is 1. The van der Waals surface area contributed by atoms with Gasteiger partial charge in [0.25, 0.3) is 0 Å². The molecule has 1 aromatic rings. The van der Waals surface area contributed by atoms with Crippen LogP contribution in [0.4, 0.5) is 5.69 Å². The second kappa shape index (κ2) is 7.49. The summed E-state index contributed by atoms with van der Waals surface area (Å²) in [5.41, 5.74) is 1.38. The summed E-state index contributed by atoms with van der Waals surface area (Å²) in [5.74, 6) is 0.631. The summed E-state index contributed by atoms with van der Waals surface area (Å²) < 4.78 is 10.3. The van der Waals surface area contributed by atoms with Crippen molar-refractivity contribution in [3.8, 4) is 11.8 Å². The van der Waals surface area contributed by atoms with Crippen LogP contribution in [0.2, 0.25) is 0 Å². The standard InChI is InChI=1S/C12H16N2O3/c1-16-12-8-10(9-13)2-3-11(12)14-4-6-17-7-5-15/h2-3,8,14-15H,4-7H2,1H3. The number of hydrogen-bond donors (Lipinski definition) is 2. The van der Waals surface area contributed by atoms with Crippen LogP contribution in [-0.4, -0.2) is 38.6 Å². The van der Waals surface area contributed by atoms with E-state index in [0.717, 1.165) is 5.69 Å². The largest absolute Gasteiger partial charge is 0.495 e. The van der Waals surface area contributed by atoms with Crippen LogP contribution in [-0.2, 0) is 4.74 Å². The smallest absolute Gasteiger partial charge is 0.143 e. The fourth-order valence-electron chi connectivity index (χ4n) is 1.33. The first-order chi connectivity index (χ1) is 8.31. The molecule has 0 radical (unpaired) electrons. The second-order valence-electron chi connectivity index (χ2n) is 3.29. The van der Waals surface area contributed by atoms with Gasteiger partial charge in [0.05, 0.1) is 44.3 Å². The zero-order valence-electron chi connectivity index (χ0n) is 9.77. The van der Waals surface area contributed by atoms with E-state index >= 15 is 0 Å². The molecule has 0 fully saturated rings. The molecule has 1 rings (SSSR count). The van der Waals surface area contributed by atoms with Crippen LogP contribution in [0, 0.1) is 11.3 Å². The highest BCUT2D eigenvalue weighted by atomic mass is 16.5. The summed E-state index contributed by atoms with van der Waals surface area (Å²) in [5, 5.41) is 20.4. The molecule has 0 spiro atoms. The molecule has 0 bridgehead atoms. The lowest BCUT2D eigenvalue weighted by atomic mass is 10.2. The van der Waals surface area contributed by atoms with E-state index in [2.05, 4.69) is 11.4 Å². The van der Waals surface area contributed by atoms with Gasteiger partial charge in [-0.3, -0.25) is 0 Å². The van der Waals surface area contributed by atoms with Crippen molar-refractivity contribution in [3.63, 3.8) is 0 Å². The molecular formula is C12H16N2O3. The van der Waals surface area contributed by atoms with Crippen molar-refractivity contribution in [2.24, 2.45) is 0 Å². The molecule has 0 unspecified atom stereocenters. The number of ether oxygens (including phenoxy) is 2. The minimum Gasteiger partial charge on any atom is -0.495 e. The van der Waals surface area contributed by atoms with Crippen LogP contribution in [0.25, 0.3) is 0 Å². The maximum atomic E-state index is 8.75. The van der Waals surface area contributed by atoms with Gasteiger partial charge in [0.1, 0.15) is 5.75 Å². The Morgan fingerprint density at radius 3 is 2.88 bits per heavy atom. The molecule has 0 aliphatic rings. The Balaban J connectivity index is 2.50. The van der Waals surface area contributed by atoms with E-state index in [1.165, 1.54) is 0 Å². The van der Waals surface area contributed by atoms with Crippen molar-refractivity contribution in [3.05, 3.63) is 23.8 Å². The van der Waals surface area contributed by atoms with Gasteiger partial charge in [0.2, 0.25) is 0 Å². The molecule has 0 aliphatic heterocycles. The summed E-state index contributed by atoms with van der Waals surface area (Å²) in [6.07, 6.45) is 0. The van der Waals surface area contributed by atoms with Crippen molar-refractivity contribution >= 4 is 5.69 Å². The SMILES string of the molecule is COc1cc(C#N)ccc1NCCOCCO. The third kappa shape index (κ3) is 4.31. The summed E-state index contributed by atoms with van der Waals surface area (Å²) in [6, 6.07) is 7.25. The Morgan fingerprint density at radius 1 is 1.41 bits per heavy atom. The highest BCUT2D eigenvalue weighted by Gasteiger charge is 2.03. The van der Waals surface area contributed by atoms with Gasteiger partial charge >= 0.3 is 0 Å². The van der Waals surface area contributed by atoms with Crippen LogP contribution in [0.3, 0.4) is 0 Å². The highest BCUT2D eigenvalue weighted by Crippen LogP contribution is 2.24. The van der Waals surface area contributed by atoms with Gasteiger partial charge in [-0.05, 0) is 12.1 Å². The number of hydrogen-bond acceptors (Lipinski definition) is 5. The summed E-state index contributed by atoms with van der Waals surface area (Å²) >= 11 is 0. The van der Waals surface area contributed by atoms with E-state index in [0.29, 0.717) is 31.1 Å². The van der Waals surface area contributed by atoms with Gasteiger partial charge in [-0.15, -0.1) is 0 Å². The lowest BCUT2D eigenvalue weighted by Crippen LogP contribution is -2.11. The molecule has 0 atom stereocenters. The minimum absolute atomic E-state index is 0.0280. The van der Waals surface area contributed by atoms with Gasteiger partial charge in [0.15, 0.2) is 0 Å². The first-order valence-corrected chi connectivity index (χ1v) is 5.32. The highest BCUT2D eigenvalue weighted by molar-refractivity contribution is 5.59. The number of aliphatic hydroxyl groups excluding tert-OH is 1. The van der Waals surface area contributed by atoms with Crippen molar-refractivity contribution in [1.82, 2.24) is 0 Å². The van der Waals surface area contributed by atoms with Gasteiger partial charge < -0.3 is 19.9 Å². The van der Waals surface area contributed by atoms with E-state index in [9.17, 15) is 0 Å². The molecule has 2 N–H and O–H groups in total. The Labute approximate surface area is 101 Å². The van der Waals surface area contributed by atoms with Crippen LogP contribution in [0.1, 0.15) is 5.56 Å². The molecule has 5 nitrogen and oxygen atoms in total. The van der Waals surface area contributed by atoms with Crippen molar-refractivity contribution in [2.45, 2.75) is 0 Å². The Morgan fingerprint density at radius 2 is 2.24 bits per heavy atom. The normalized spacial score (nSPS) is 9.71. The maximum absolute atomic E-state index is 8.75. The summed E-state index contributed by atoms with van der Waals surface area (Å²) in [6.45, 7) is 1.48. The van der Waals surface area contributed by atoms with Gasteiger partial charge in [-0.2, -0.15) is 5.26 Å². The number of aliphatic hydroxyl groups is 1. The predicted molar refractivity (Wildman–Crippen MR) is 64.1 cm³/mol. The fourth-order valence-corrected chi connectivity index (χ4v) is 1.33. The molecule has 17 heavy (non-hydrogen) atoms. The number of anilines is 1. The van der Waals surface area contributed by atoms with Crippen LogP contribution in [0.15, 0.2) is 18.2 Å². The van der Waals surface area contributed by atoms with Crippen molar-refractivity contribution < 1.29 is 14.6 Å². The first kappa shape index (κ1) is 13.3. The van der Waals surface area contributed by atoms with Gasteiger partial charge in [0, 0.05) is 12.6 Å². The summed E-state index contributed by atoms with van der Waals surface area (Å²) in [4.78, 5) is 0. The van der Waals surface area contributed by atoms with E-state index < -0.39 is 0 Å². The summed E-state index contributed by atoms with van der Waals surface area (Å²) in [7, 11) is 1.56. The number of nitriles is 1. The first-order valence-electron chi connectivity index (χ1n) is 5.32. The lowest BCUT2D eigenvalue weighted by molar-refractivity contribution is 0.0992. The van der Waals surface area contributed by atoms with E-state index in [1.807, 2.05) is 0 Å². The van der Waals surface area contributed by atoms with Gasteiger partial charge in [-0.25, -0.2) is 0 Å². The zero-order chi connectivity index (χ0) is 12.5. The van der Waals surface area contributed by atoms with Crippen LogP contribution < -0.4 is 10.1 Å². The zero-order valence-corrected chi connectivity index (χ0v) is 9.77. The Kier molecular flexibility index (Phi) is 5.86. The Bertz CT molecular complexity index is 388. The van der Waals surface area contributed by atoms with Crippen molar-refractivity contribution in [1.29, 1.82) is 5.26 Å². The third-order valence-electron chi connectivity index (χ3n) is 2.13. The maximum Gasteiger partial charge on any atom is 0.143 e. The molecule has 0 amide bonds. The average Bonchev–Trinajstić information content (AvgIpc) is 2.38. The number of benzene rings is 1. The molecule has 5 heteroatoms. The fraction of sp³-hybridized carbons (Fsp3) is 0.417. The molecule has 0 aromatic heterocycles. The molecule has 1 aromatic carbocycles. The number of rotatable bonds is 7. The molecule has 0 saturated heterocycles. The molecule has 92 valence electrons. The molecular weight excluding hydrogens is 220 g/mol. The lowest BCUT2D eigenvalue weighted by Gasteiger charge is -2.11. The third-order valence-corrected chi connectivity index (χ3v) is 2.13. The topological polar surface area (TPSA) is 74.5 Å². The monoisotopic (exact) mass is 236 g/mol. The quantitative estimate of drug-likeness (QED) is 0.690. The minimum atomic E-state index is 0.0280. The van der Waals surface area contributed by atoms with Gasteiger partial charge in [-0.1, -0.05) is 0 Å². The van der Waals surface area contributed by atoms with Crippen molar-refractivity contribution in [2.75, 3.05) is 38.8 Å². The molecule has 0 saturated carbocycles. The average molecular weight is 236 g/mol. The van der Waals surface area contributed by atoms with E-state index in [4.69, 9.17) is 19.8 Å². The molecule has 0 heterocycles. The van der Waals surface area contributed by atoms with E-state index in [-0.39, 0.29) is 6.61 Å². The second-order valence-corrected chi connectivity index (χ2v) is 3.29. The Hall–Kier alpha value is -1.77. The number of nitrogens with one attached hydrogen (secondary N) is 1.